The fraction of sp³-hybridized carbons (Fsp3) is 0.0952. The molecule has 4 aromatic rings. The van der Waals surface area contributed by atoms with E-state index >= 15 is 0 Å². The Kier molecular flexibility index (Phi) is 3.67. The van der Waals surface area contributed by atoms with Gasteiger partial charge >= 0.3 is 0 Å². The number of hydrogen-bond donors (Lipinski definition) is 1. The van der Waals surface area contributed by atoms with Crippen molar-refractivity contribution in [2.24, 2.45) is 0 Å². The highest BCUT2D eigenvalue weighted by atomic mass is 16.1. The molecule has 2 heterocycles. The fourth-order valence-electron chi connectivity index (χ4n) is 3.16. The maximum Gasteiger partial charge on any atom is 0.273 e. The van der Waals surface area contributed by atoms with Gasteiger partial charge in [0.25, 0.3) is 5.56 Å². The van der Waals surface area contributed by atoms with Gasteiger partial charge in [0.2, 0.25) is 0 Å². The van der Waals surface area contributed by atoms with E-state index in [4.69, 9.17) is 5.26 Å². The third kappa shape index (κ3) is 2.49. The first-order valence-electron chi connectivity index (χ1n) is 8.27. The summed E-state index contributed by atoms with van der Waals surface area (Å²) in [5.74, 6) is 0. The average Bonchev–Trinajstić information content (AvgIpc) is 2.99. The van der Waals surface area contributed by atoms with Gasteiger partial charge in [-0.2, -0.15) is 5.26 Å². The first kappa shape index (κ1) is 15.9. The van der Waals surface area contributed by atoms with Crippen molar-refractivity contribution in [1.82, 2.24) is 14.6 Å². The largest absolute Gasteiger partial charge is 0.289 e. The molecule has 0 aliphatic carbocycles. The topological polar surface area (TPSA) is 73.9 Å². The normalized spacial score (nSPS) is 10.8. The van der Waals surface area contributed by atoms with Crippen LogP contribution in [0.3, 0.4) is 0 Å². The lowest BCUT2D eigenvalue weighted by Crippen LogP contribution is -2.14. The van der Waals surface area contributed by atoms with Crippen LogP contribution < -0.4 is 5.56 Å². The smallest absolute Gasteiger partial charge is 0.273 e. The van der Waals surface area contributed by atoms with Crippen molar-refractivity contribution in [1.29, 1.82) is 5.26 Å². The molecule has 26 heavy (non-hydrogen) atoms. The molecule has 0 bridgehead atoms. The molecule has 126 valence electrons. The second kappa shape index (κ2) is 6.01. The van der Waals surface area contributed by atoms with Crippen molar-refractivity contribution >= 4 is 5.65 Å². The number of aromatic nitrogens is 3. The molecule has 0 fully saturated rings. The summed E-state index contributed by atoms with van der Waals surface area (Å²) >= 11 is 0. The zero-order valence-corrected chi connectivity index (χ0v) is 14.4. The minimum absolute atomic E-state index is 0.185. The van der Waals surface area contributed by atoms with Gasteiger partial charge in [-0.25, -0.2) is 9.50 Å². The third-order valence-corrected chi connectivity index (χ3v) is 4.55. The summed E-state index contributed by atoms with van der Waals surface area (Å²) in [4.78, 5) is 17.3. The van der Waals surface area contributed by atoms with Gasteiger partial charge in [0.15, 0.2) is 5.65 Å². The molecule has 5 heteroatoms. The molecule has 4 rings (SSSR count). The molecular formula is C21H16N4O. The van der Waals surface area contributed by atoms with Crippen LogP contribution in [0.5, 0.6) is 0 Å². The number of nitrogens with one attached hydrogen (secondary N) is 1. The predicted molar refractivity (Wildman–Crippen MR) is 101 cm³/mol. The van der Waals surface area contributed by atoms with Crippen LogP contribution in [0.4, 0.5) is 0 Å². The molecule has 0 unspecified atom stereocenters. The highest BCUT2D eigenvalue weighted by Gasteiger charge is 2.15. The molecule has 0 amide bonds. The maximum absolute atomic E-state index is 12.6. The van der Waals surface area contributed by atoms with Gasteiger partial charge in [0.05, 0.1) is 23.0 Å². The van der Waals surface area contributed by atoms with Gasteiger partial charge in [-0.1, -0.05) is 36.4 Å². The lowest BCUT2D eigenvalue weighted by atomic mass is 10.0. The van der Waals surface area contributed by atoms with Crippen molar-refractivity contribution < 1.29 is 0 Å². The molecule has 1 N–H and O–H groups in total. The molecular weight excluding hydrogens is 324 g/mol. The maximum atomic E-state index is 12.6. The molecule has 0 saturated heterocycles. The summed E-state index contributed by atoms with van der Waals surface area (Å²) in [6.07, 6.45) is 0. The van der Waals surface area contributed by atoms with Crippen LogP contribution in [0, 0.1) is 25.2 Å². The Balaban J connectivity index is 1.96. The average molecular weight is 340 g/mol. The van der Waals surface area contributed by atoms with E-state index in [9.17, 15) is 4.79 Å². The first-order valence-corrected chi connectivity index (χ1v) is 8.27. The summed E-state index contributed by atoms with van der Waals surface area (Å²) in [5.41, 5.74) is 6.22. The minimum atomic E-state index is -0.185. The Labute approximate surface area is 150 Å². The fourth-order valence-corrected chi connectivity index (χ4v) is 3.16. The van der Waals surface area contributed by atoms with E-state index in [1.54, 1.807) is 18.2 Å². The summed E-state index contributed by atoms with van der Waals surface area (Å²) in [5, 5.41) is 12.3. The van der Waals surface area contributed by atoms with Gasteiger partial charge < -0.3 is 0 Å². The number of H-pyrrole nitrogens is 1. The molecule has 0 radical (unpaired) electrons. The van der Waals surface area contributed by atoms with E-state index in [0.717, 1.165) is 27.9 Å². The van der Waals surface area contributed by atoms with Crippen molar-refractivity contribution in [3.05, 3.63) is 81.6 Å². The predicted octanol–water partition coefficient (Wildman–Crippen LogP) is 3.85. The Morgan fingerprint density at radius 3 is 2.65 bits per heavy atom. The Hall–Kier alpha value is -3.65. The SMILES string of the molecule is Cc1ccccc1-c1[nH]n2c(=O)cc(-c3cccc(C#N)c3)nc2c1C. The van der Waals surface area contributed by atoms with Gasteiger partial charge in [0.1, 0.15) is 0 Å². The number of aryl methyl sites for hydroxylation is 2. The molecule has 0 aliphatic rings. The number of aromatic amines is 1. The van der Waals surface area contributed by atoms with Crippen molar-refractivity contribution in [3.63, 3.8) is 0 Å². The Bertz CT molecular complexity index is 1240. The standard InChI is InChI=1S/C21H16N4O/c1-13-6-3-4-9-17(13)20-14(2)21-23-18(11-19(26)25(21)24-20)16-8-5-7-15(10-16)12-22/h3-11,24H,1-2H3. The number of hydrogen-bond acceptors (Lipinski definition) is 3. The Morgan fingerprint density at radius 1 is 1.08 bits per heavy atom. The summed E-state index contributed by atoms with van der Waals surface area (Å²) < 4.78 is 1.47. The van der Waals surface area contributed by atoms with Crippen LogP contribution >= 0.6 is 0 Å². The van der Waals surface area contributed by atoms with Gasteiger partial charge in [-0.15, -0.1) is 0 Å². The highest BCUT2D eigenvalue weighted by Crippen LogP contribution is 2.27. The molecule has 2 aromatic carbocycles. The third-order valence-electron chi connectivity index (χ3n) is 4.55. The molecule has 0 saturated carbocycles. The number of fused-ring (bicyclic) bond motifs is 1. The number of nitrogens with zero attached hydrogens (tertiary/aromatic N) is 3. The van der Waals surface area contributed by atoms with Gasteiger partial charge in [-0.3, -0.25) is 9.89 Å². The van der Waals surface area contributed by atoms with Crippen LogP contribution in [0.1, 0.15) is 16.7 Å². The van der Waals surface area contributed by atoms with E-state index in [-0.39, 0.29) is 5.56 Å². The van der Waals surface area contributed by atoms with Crippen LogP contribution in [0.2, 0.25) is 0 Å². The van der Waals surface area contributed by atoms with E-state index < -0.39 is 0 Å². The number of nitriles is 1. The van der Waals surface area contributed by atoms with Crippen molar-refractivity contribution in [2.45, 2.75) is 13.8 Å². The Morgan fingerprint density at radius 2 is 1.88 bits per heavy atom. The first-order chi connectivity index (χ1) is 12.6. The van der Waals surface area contributed by atoms with Crippen molar-refractivity contribution in [3.8, 4) is 28.6 Å². The lowest BCUT2D eigenvalue weighted by molar-refractivity contribution is 0.904. The zero-order valence-electron chi connectivity index (χ0n) is 14.4. The molecule has 0 aliphatic heterocycles. The molecule has 0 atom stereocenters. The highest BCUT2D eigenvalue weighted by molar-refractivity contribution is 5.74. The second-order valence-corrected chi connectivity index (χ2v) is 6.26. The van der Waals surface area contributed by atoms with Crippen LogP contribution in [-0.4, -0.2) is 14.6 Å². The van der Waals surface area contributed by atoms with Gasteiger partial charge in [-0.05, 0) is 31.5 Å². The quantitative estimate of drug-likeness (QED) is 0.602. The van der Waals surface area contributed by atoms with E-state index in [1.165, 1.54) is 10.6 Å². The number of rotatable bonds is 2. The number of benzene rings is 2. The molecule has 5 nitrogen and oxygen atoms in total. The monoisotopic (exact) mass is 340 g/mol. The van der Waals surface area contributed by atoms with Crippen molar-refractivity contribution in [2.75, 3.05) is 0 Å². The molecule has 2 aromatic heterocycles. The van der Waals surface area contributed by atoms with Gasteiger partial charge in [0, 0.05) is 22.8 Å². The molecule has 0 spiro atoms. The van der Waals surface area contributed by atoms with E-state index in [0.29, 0.717) is 16.9 Å². The summed E-state index contributed by atoms with van der Waals surface area (Å²) in [7, 11) is 0. The lowest BCUT2D eigenvalue weighted by Gasteiger charge is -2.03. The van der Waals surface area contributed by atoms with Crippen LogP contribution in [0.25, 0.3) is 28.2 Å². The second-order valence-electron chi connectivity index (χ2n) is 6.26. The summed E-state index contributed by atoms with van der Waals surface area (Å²) in [6.45, 7) is 3.99. The zero-order chi connectivity index (χ0) is 18.3. The van der Waals surface area contributed by atoms with E-state index in [1.807, 2.05) is 44.2 Å². The summed E-state index contributed by atoms with van der Waals surface area (Å²) in [6, 6.07) is 18.7. The van der Waals surface area contributed by atoms with Crippen LogP contribution in [-0.2, 0) is 0 Å². The van der Waals surface area contributed by atoms with Crippen LogP contribution in [0.15, 0.2) is 59.4 Å². The minimum Gasteiger partial charge on any atom is -0.289 e. The van der Waals surface area contributed by atoms with E-state index in [2.05, 4.69) is 16.2 Å².